The van der Waals surface area contributed by atoms with Gasteiger partial charge in [0.15, 0.2) is 0 Å². The molecule has 2 aliphatic rings. The molecule has 0 bridgehead atoms. The van der Waals surface area contributed by atoms with Gasteiger partial charge in [0.25, 0.3) is 5.91 Å². The number of aromatic nitrogens is 2. The van der Waals surface area contributed by atoms with E-state index >= 15 is 0 Å². The molecule has 0 spiro atoms. The molecule has 2 N–H and O–H groups in total. The molecule has 8 nitrogen and oxygen atoms in total. The van der Waals surface area contributed by atoms with Crippen LogP contribution in [-0.4, -0.2) is 68.0 Å². The molecular formula is C12H16N4O4. The highest BCUT2D eigenvalue weighted by Crippen LogP contribution is 2.25. The van der Waals surface area contributed by atoms with Crippen molar-refractivity contribution in [2.24, 2.45) is 0 Å². The first-order chi connectivity index (χ1) is 9.47. The Balaban J connectivity index is 2.05. The Hall–Kier alpha value is -2.09. The zero-order valence-electron chi connectivity index (χ0n) is 11.1. The monoisotopic (exact) mass is 280 g/mol. The number of amides is 2. The molecular weight excluding hydrogens is 264 g/mol. The molecule has 2 aliphatic heterocycles. The van der Waals surface area contributed by atoms with Crippen LogP contribution in [0, 0.1) is 0 Å². The first-order valence-electron chi connectivity index (χ1n) is 6.47. The molecule has 0 aromatic carbocycles. The van der Waals surface area contributed by atoms with Gasteiger partial charge in [-0.25, -0.2) is 4.79 Å². The molecule has 2 amide bonds. The van der Waals surface area contributed by atoms with Crippen LogP contribution in [0.1, 0.15) is 21.7 Å². The van der Waals surface area contributed by atoms with Crippen molar-refractivity contribution in [3.63, 3.8) is 0 Å². The second kappa shape index (κ2) is 4.48. The predicted octanol–water partition coefficient (Wildman–Crippen LogP) is -0.634. The number of nitrogens with zero attached hydrogens (tertiary/aromatic N) is 4. The number of aliphatic hydroxyl groups is 1. The van der Waals surface area contributed by atoms with Gasteiger partial charge in [-0.1, -0.05) is 0 Å². The summed E-state index contributed by atoms with van der Waals surface area (Å²) in [5.41, 5.74) is 1.84. The average Bonchev–Trinajstić information content (AvgIpc) is 2.68. The second-order valence-electron chi connectivity index (χ2n) is 5.25. The third-order valence-electron chi connectivity index (χ3n) is 3.79. The maximum Gasteiger partial charge on any atom is 0.407 e. The van der Waals surface area contributed by atoms with Gasteiger partial charge in [-0.05, 0) is 0 Å². The summed E-state index contributed by atoms with van der Waals surface area (Å²) in [7, 11) is 1.62. The number of β-amino-alcohol motifs (C(OH)–C–C–N with tert-alkyl or cyclic N) is 1. The molecule has 8 heteroatoms. The molecule has 3 heterocycles. The van der Waals surface area contributed by atoms with Gasteiger partial charge in [-0.15, -0.1) is 0 Å². The first-order valence-corrected chi connectivity index (χ1v) is 6.47. The Morgan fingerprint density at radius 3 is 2.85 bits per heavy atom. The molecule has 108 valence electrons. The van der Waals surface area contributed by atoms with Gasteiger partial charge in [0.05, 0.1) is 24.9 Å². The summed E-state index contributed by atoms with van der Waals surface area (Å²) in [6.45, 7) is 1.06. The van der Waals surface area contributed by atoms with Crippen LogP contribution < -0.4 is 0 Å². The lowest BCUT2D eigenvalue weighted by molar-refractivity contribution is 0.0701. The molecule has 0 saturated carbocycles. The number of fused-ring (bicyclic) bond motifs is 3. The zero-order valence-corrected chi connectivity index (χ0v) is 11.1. The van der Waals surface area contributed by atoms with Crippen molar-refractivity contribution in [1.82, 2.24) is 19.6 Å². The molecule has 1 atom stereocenters. The summed E-state index contributed by atoms with van der Waals surface area (Å²) in [6.07, 6.45) is -1.17. The number of likely N-dealkylation sites (N-methyl/N-ethyl adjacent to an activating group) is 1. The Labute approximate surface area is 115 Å². The van der Waals surface area contributed by atoms with E-state index in [1.807, 2.05) is 0 Å². The van der Waals surface area contributed by atoms with E-state index in [-0.39, 0.29) is 25.5 Å². The summed E-state index contributed by atoms with van der Waals surface area (Å²) in [5.74, 6) is -0.220. The smallest absolute Gasteiger partial charge is 0.407 e. The van der Waals surface area contributed by atoms with E-state index < -0.39 is 12.2 Å². The Kier molecular flexibility index (Phi) is 2.89. The summed E-state index contributed by atoms with van der Waals surface area (Å²) in [5, 5.41) is 23.3. The van der Waals surface area contributed by atoms with Gasteiger partial charge in [0.1, 0.15) is 5.69 Å². The van der Waals surface area contributed by atoms with Gasteiger partial charge in [-0.2, -0.15) is 5.10 Å². The fraction of sp³-hybridized carbons (Fsp3) is 0.583. The minimum atomic E-state index is -0.995. The molecule has 0 radical (unpaired) electrons. The highest BCUT2D eigenvalue weighted by atomic mass is 16.4. The van der Waals surface area contributed by atoms with Crippen molar-refractivity contribution in [2.75, 3.05) is 20.1 Å². The highest BCUT2D eigenvalue weighted by Gasteiger charge is 2.34. The zero-order chi connectivity index (χ0) is 14.4. The Bertz CT molecular complexity index is 582. The van der Waals surface area contributed by atoms with Crippen LogP contribution in [0.4, 0.5) is 4.79 Å². The van der Waals surface area contributed by atoms with E-state index in [0.29, 0.717) is 24.2 Å². The van der Waals surface area contributed by atoms with Gasteiger partial charge in [0.2, 0.25) is 0 Å². The maximum atomic E-state index is 12.4. The lowest BCUT2D eigenvalue weighted by atomic mass is 10.1. The predicted molar refractivity (Wildman–Crippen MR) is 67.3 cm³/mol. The topological polar surface area (TPSA) is 98.9 Å². The number of aliphatic hydroxyl groups excluding tert-OH is 1. The molecule has 0 unspecified atom stereocenters. The third-order valence-corrected chi connectivity index (χ3v) is 3.79. The van der Waals surface area contributed by atoms with Crippen LogP contribution in [0.3, 0.4) is 0 Å². The van der Waals surface area contributed by atoms with Crippen LogP contribution >= 0.6 is 0 Å². The van der Waals surface area contributed by atoms with Crippen LogP contribution in [-0.2, 0) is 19.5 Å². The van der Waals surface area contributed by atoms with Crippen LogP contribution in [0.25, 0.3) is 0 Å². The first kappa shape index (κ1) is 12.9. The van der Waals surface area contributed by atoms with Crippen molar-refractivity contribution in [3.05, 3.63) is 17.0 Å². The van der Waals surface area contributed by atoms with Crippen LogP contribution in [0.15, 0.2) is 0 Å². The van der Waals surface area contributed by atoms with Gasteiger partial charge >= 0.3 is 6.09 Å². The van der Waals surface area contributed by atoms with Crippen molar-refractivity contribution >= 4 is 12.0 Å². The van der Waals surface area contributed by atoms with E-state index in [1.54, 1.807) is 7.05 Å². The standard InChI is InChI=1S/C12H16N4O4/c1-14-4-7(17)5-16-10(11(14)18)8-6-15(12(19)20)3-2-9(8)13-16/h7,17H,2-6H2,1H3,(H,19,20)/t7-/m1/s1. The van der Waals surface area contributed by atoms with Crippen molar-refractivity contribution < 1.29 is 19.8 Å². The maximum absolute atomic E-state index is 12.4. The minimum absolute atomic E-state index is 0.176. The van der Waals surface area contributed by atoms with E-state index in [1.165, 1.54) is 14.5 Å². The number of hydrogen-bond acceptors (Lipinski definition) is 4. The normalized spacial score (nSPS) is 22.3. The van der Waals surface area contributed by atoms with Crippen molar-refractivity contribution in [1.29, 1.82) is 0 Å². The van der Waals surface area contributed by atoms with Crippen molar-refractivity contribution in [2.45, 2.75) is 25.6 Å². The summed E-state index contributed by atoms with van der Waals surface area (Å²) in [4.78, 5) is 26.2. The van der Waals surface area contributed by atoms with E-state index in [2.05, 4.69) is 5.10 Å². The largest absolute Gasteiger partial charge is 0.465 e. The molecule has 3 rings (SSSR count). The second-order valence-corrected chi connectivity index (χ2v) is 5.25. The number of hydrogen-bond donors (Lipinski definition) is 2. The van der Waals surface area contributed by atoms with Gasteiger partial charge in [0, 0.05) is 32.1 Å². The lowest BCUT2D eigenvalue weighted by Gasteiger charge is -2.24. The lowest BCUT2D eigenvalue weighted by Crippen LogP contribution is -2.36. The third kappa shape index (κ3) is 1.92. The summed E-state index contributed by atoms with van der Waals surface area (Å²) < 4.78 is 1.52. The highest BCUT2D eigenvalue weighted by molar-refractivity contribution is 5.94. The Morgan fingerprint density at radius 2 is 2.15 bits per heavy atom. The Morgan fingerprint density at radius 1 is 1.40 bits per heavy atom. The quantitative estimate of drug-likeness (QED) is 0.659. The number of rotatable bonds is 0. The fourth-order valence-corrected chi connectivity index (χ4v) is 2.80. The molecule has 20 heavy (non-hydrogen) atoms. The summed E-state index contributed by atoms with van der Waals surface area (Å²) in [6, 6.07) is 0. The number of carboxylic acid groups (broad SMARTS) is 1. The van der Waals surface area contributed by atoms with Crippen LogP contribution in [0.2, 0.25) is 0 Å². The van der Waals surface area contributed by atoms with E-state index in [4.69, 9.17) is 5.11 Å². The number of carbonyl (C=O) groups is 2. The van der Waals surface area contributed by atoms with E-state index in [9.17, 15) is 14.7 Å². The summed E-state index contributed by atoms with van der Waals surface area (Å²) >= 11 is 0. The van der Waals surface area contributed by atoms with E-state index in [0.717, 1.165) is 5.69 Å². The fourth-order valence-electron chi connectivity index (χ4n) is 2.80. The molecule has 1 aromatic rings. The van der Waals surface area contributed by atoms with Gasteiger partial charge in [-0.3, -0.25) is 9.48 Å². The average molecular weight is 280 g/mol. The van der Waals surface area contributed by atoms with Gasteiger partial charge < -0.3 is 20.0 Å². The minimum Gasteiger partial charge on any atom is -0.465 e. The number of carbonyl (C=O) groups excluding carboxylic acids is 1. The molecule has 0 aliphatic carbocycles. The molecule has 1 aromatic heterocycles. The SMILES string of the molecule is CN1C[C@@H](O)Cn2nc3c(c2C1=O)CN(C(=O)O)CC3. The molecule has 0 saturated heterocycles. The molecule has 0 fully saturated rings. The van der Waals surface area contributed by atoms with Crippen molar-refractivity contribution in [3.8, 4) is 0 Å². The van der Waals surface area contributed by atoms with Crippen LogP contribution in [0.5, 0.6) is 0 Å².